The van der Waals surface area contributed by atoms with Gasteiger partial charge < -0.3 is 10.0 Å². The lowest BCUT2D eigenvalue weighted by atomic mass is 10.1. The summed E-state index contributed by atoms with van der Waals surface area (Å²) in [5.41, 5.74) is 4.63. The minimum Gasteiger partial charge on any atom is -0.508 e. The minimum atomic E-state index is 0.265. The number of pyridine rings is 2. The van der Waals surface area contributed by atoms with Gasteiger partial charge in [0.1, 0.15) is 23.6 Å². The highest BCUT2D eigenvalue weighted by Crippen LogP contribution is 2.32. The molecule has 0 atom stereocenters. The Morgan fingerprint density at radius 3 is 2.52 bits per heavy atom. The Morgan fingerprint density at radius 2 is 1.76 bits per heavy atom. The van der Waals surface area contributed by atoms with E-state index >= 15 is 0 Å². The van der Waals surface area contributed by atoms with Gasteiger partial charge in [-0.15, -0.1) is 0 Å². The van der Waals surface area contributed by atoms with Crippen molar-refractivity contribution in [3.05, 3.63) is 90.6 Å². The van der Waals surface area contributed by atoms with E-state index in [0.29, 0.717) is 6.54 Å². The largest absolute Gasteiger partial charge is 0.508 e. The molecule has 0 radical (unpaired) electrons. The number of hydrogen-bond acceptors (Lipinski definition) is 6. The smallest absolute Gasteiger partial charge is 0.136 e. The maximum absolute atomic E-state index is 9.53. The molecule has 0 spiro atoms. The summed E-state index contributed by atoms with van der Waals surface area (Å²) in [5.74, 6) is 1.06. The van der Waals surface area contributed by atoms with Crippen LogP contribution in [0.25, 0.3) is 11.4 Å². The summed E-state index contributed by atoms with van der Waals surface area (Å²) in [4.78, 5) is 19.9. The molecule has 0 saturated heterocycles. The molecule has 4 aromatic rings. The van der Waals surface area contributed by atoms with Crippen molar-refractivity contribution in [2.75, 3.05) is 11.4 Å². The fraction of sp³-hybridized carbons (Fsp3) is 0.130. The Hall–Kier alpha value is -3.80. The SMILES string of the molecule is Cc1cccc(-c2ncccc2N(CCc2ccc(O)cc2)c2ccncn2)n1. The van der Waals surface area contributed by atoms with Gasteiger partial charge in [-0.05, 0) is 61.4 Å². The summed E-state index contributed by atoms with van der Waals surface area (Å²) in [6.45, 7) is 2.66. The monoisotopic (exact) mass is 383 g/mol. The van der Waals surface area contributed by atoms with Crippen LogP contribution in [0.4, 0.5) is 11.5 Å². The molecule has 0 unspecified atom stereocenters. The second-order valence-electron chi connectivity index (χ2n) is 6.67. The zero-order valence-electron chi connectivity index (χ0n) is 16.1. The van der Waals surface area contributed by atoms with Gasteiger partial charge in [0.15, 0.2) is 0 Å². The van der Waals surface area contributed by atoms with Gasteiger partial charge in [0.2, 0.25) is 0 Å². The van der Waals surface area contributed by atoms with Crippen LogP contribution in [0.15, 0.2) is 79.4 Å². The minimum absolute atomic E-state index is 0.265. The second-order valence-corrected chi connectivity index (χ2v) is 6.67. The van der Waals surface area contributed by atoms with Crippen LogP contribution in [0, 0.1) is 6.92 Å². The van der Waals surface area contributed by atoms with Crippen molar-refractivity contribution in [3.63, 3.8) is 0 Å². The summed E-state index contributed by atoms with van der Waals surface area (Å²) >= 11 is 0. The van der Waals surface area contributed by atoms with E-state index in [9.17, 15) is 5.11 Å². The summed E-state index contributed by atoms with van der Waals surface area (Å²) in [5, 5.41) is 9.53. The standard InChI is InChI=1S/C23H21N5O/c1-17-4-2-5-20(27-17)23-21(6-3-13-25-23)28(22-11-14-24-16-26-22)15-12-18-7-9-19(29)10-8-18/h2-11,13-14,16,29H,12,15H2,1H3. The molecule has 3 heterocycles. The highest BCUT2D eigenvalue weighted by Gasteiger charge is 2.17. The van der Waals surface area contributed by atoms with Crippen LogP contribution in [0.2, 0.25) is 0 Å². The van der Waals surface area contributed by atoms with Crippen LogP contribution >= 0.6 is 0 Å². The predicted molar refractivity (Wildman–Crippen MR) is 113 cm³/mol. The summed E-state index contributed by atoms with van der Waals surface area (Å²) in [6.07, 6.45) is 5.83. The van der Waals surface area contributed by atoms with Crippen molar-refractivity contribution in [2.24, 2.45) is 0 Å². The number of hydrogen-bond donors (Lipinski definition) is 1. The van der Waals surface area contributed by atoms with Crippen molar-refractivity contribution in [2.45, 2.75) is 13.3 Å². The third kappa shape index (κ3) is 4.38. The van der Waals surface area contributed by atoms with Crippen LogP contribution in [0.5, 0.6) is 5.75 Å². The maximum atomic E-state index is 9.53. The first-order chi connectivity index (χ1) is 14.2. The molecule has 1 N–H and O–H groups in total. The average molecular weight is 383 g/mol. The number of aromatic nitrogens is 4. The van der Waals surface area contributed by atoms with Gasteiger partial charge in [0, 0.05) is 24.6 Å². The van der Waals surface area contributed by atoms with E-state index in [0.717, 1.165) is 40.6 Å². The summed E-state index contributed by atoms with van der Waals surface area (Å²) in [6, 6.07) is 19.0. The molecule has 0 fully saturated rings. The summed E-state index contributed by atoms with van der Waals surface area (Å²) in [7, 11) is 0. The van der Waals surface area contributed by atoms with Crippen LogP contribution < -0.4 is 4.90 Å². The highest BCUT2D eigenvalue weighted by molar-refractivity contribution is 5.76. The van der Waals surface area contributed by atoms with E-state index in [-0.39, 0.29) is 5.75 Å². The summed E-state index contributed by atoms with van der Waals surface area (Å²) < 4.78 is 0. The van der Waals surface area contributed by atoms with Crippen molar-refractivity contribution in [3.8, 4) is 17.1 Å². The van der Waals surface area contributed by atoms with E-state index in [4.69, 9.17) is 0 Å². The molecule has 0 aliphatic carbocycles. The molecule has 6 heteroatoms. The predicted octanol–water partition coefficient (Wildman–Crippen LogP) is 4.33. The first-order valence-corrected chi connectivity index (χ1v) is 9.41. The van der Waals surface area contributed by atoms with E-state index in [2.05, 4.69) is 24.8 Å². The number of benzene rings is 1. The molecule has 3 aromatic heterocycles. The van der Waals surface area contributed by atoms with Gasteiger partial charge in [0.05, 0.1) is 11.4 Å². The van der Waals surface area contributed by atoms with Crippen molar-refractivity contribution >= 4 is 11.5 Å². The topological polar surface area (TPSA) is 75.0 Å². The third-order valence-electron chi connectivity index (χ3n) is 4.61. The van der Waals surface area contributed by atoms with Crippen LogP contribution in [-0.4, -0.2) is 31.6 Å². The molecule has 0 aliphatic heterocycles. The fourth-order valence-electron chi connectivity index (χ4n) is 3.19. The molecule has 0 aliphatic rings. The molecular formula is C23H21N5O. The Morgan fingerprint density at radius 1 is 0.897 bits per heavy atom. The number of nitrogens with zero attached hydrogens (tertiary/aromatic N) is 5. The second kappa shape index (κ2) is 8.48. The normalized spacial score (nSPS) is 10.7. The average Bonchev–Trinajstić information content (AvgIpc) is 2.76. The number of anilines is 2. The molecular weight excluding hydrogens is 362 g/mol. The van der Waals surface area contributed by atoms with Crippen LogP contribution in [-0.2, 0) is 6.42 Å². The Bertz CT molecular complexity index is 1080. The molecule has 0 saturated carbocycles. The van der Waals surface area contributed by atoms with E-state index < -0.39 is 0 Å². The lowest BCUT2D eigenvalue weighted by molar-refractivity contribution is 0.475. The van der Waals surface area contributed by atoms with E-state index in [1.165, 1.54) is 0 Å². The first kappa shape index (κ1) is 18.6. The van der Waals surface area contributed by atoms with Crippen molar-refractivity contribution < 1.29 is 5.11 Å². The zero-order valence-corrected chi connectivity index (χ0v) is 16.1. The molecule has 6 nitrogen and oxygen atoms in total. The number of phenolic OH excluding ortho intramolecular Hbond substituents is 1. The van der Waals surface area contributed by atoms with Crippen molar-refractivity contribution in [1.82, 2.24) is 19.9 Å². The number of aromatic hydroxyl groups is 1. The van der Waals surface area contributed by atoms with Gasteiger partial charge in [-0.25, -0.2) is 9.97 Å². The number of aryl methyl sites for hydroxylation is 1. The Balaban J connectivity index is 1.73. The van der Waals surface area contributed by atoms with E-state index in [1.807, 2.05) is 55.5 Å². The molecule has 4 rings (SSSR count). The number of phenols is 1. The molecule has 0 bridgehead atoms. The molecule has 29 heavy (non-hydrogen) atoms. The lowest BCUT2D eigenvalue weighted by Gasteiger charge is -2.25. The molecule has 1 aromatic carbocycles. The Labute approximate surface area is 169 Å². The van der Waals surface area contributed by atoms with Gasteiger partial charge in [-0.1, -0.05) is 18.2 Å². The van der Waals surface area contributed by atoms with Gasteiger partial charge in [-0.2, -0.15) is 0 Å². The first-order valence-electron chi connectivity index (χ1n) is 9.41. The van der Waals surface area contributed by atoms with Crippen LogP contribution in [0.1, 0.15) is 11.3 Å². The van der Waals surface area contributed by atoms with Crippen molar-refractivity contribution in [1.29, 1.82) is 0 Å². The van der Waals surface area contributed by atoms with E-state index in [1.54, 1.807) is 30.9 Å². The quantitative estimate of drug-likeness (QED) is 0.534. The van der Waals surface area contributed by atoms with Gasteiger partial charge in [-0.3, -0.25) is 9.97 Å². The Kier molecular flexibility index (Phi) is 5.42. The molecule has 0 amide bonds. The lowest BCUT2D eigenvalue weighted by Crippen LogP contribution is -2.22. The third-order valence-corrected chi connectivity index (χ3v) is 4.61. The molecule has 144 valence electrons. The number of rotatable bonds is 6. The fourth-order valence-corrected chi connectivity index (χ4v) is 3.19. The maximum Gasteiger partial charge on any atom is 0.136 e. The highest BCUT2D eigenvalue weighted by atomic mass is 16.3. The zero-order chi connectivity index (χ0) is 20.1. The van der Waals surface area contributed by atoms with Gasteiger partial charge in [0.25, 0.3) is 0 Å². The van der Waals surface area contributed by atoms with Gasteiger partial charge >= 0.3 is 0 Å². The van der Waals surface area contributed by atoms with Crippen LogP contribution in [0.3, 0.4) is 0 Å².